The van der Waals surface area contributed by atoms with Gasteiger partial charge in [0.1, 0.15) is 10.4 Å². The maximum atomic E-state index is 9.01. The number of rotatable bonds is 4. The lowest BCUT2D eigenvalue weighted by molar-refractivity contribution is 0.295. The first-order valence-electron chi connectivity index (χ1n) is 5.63. The molecule has 1 aromatic carbocycles. The summed E-state index contributed by atoms with van der Waals surface area (Å²) >= 11 is 5.22. The molecule has 0 spiro atoms. The summed E-state index contributed by atoms with van der Waals surface area (Å²) in [6.07, 6.45) is 2.63. The molecule has 0 unspecified atom stereocenters. The van der Waals surface area contributed by atoms with E-state index in [1.807, 2.05) is 11.6 Å². The number of benzene rings is 1. The zero-order valence-electron chi connectivity index (χ0n) is 10.4. The van der Waals surface area contributed by atoms with E-state index < -0.39 is 0 Å². The molecule has 0 amide bonds. The Balaban J connectivity index is 2.43. The molecule has 1 N–H and O–H groups in total. The molecule has 0 fully saturated rings. The summed E-state index contributed by atoms with van der Waals surface area (Å²) in [5.41, 5.74) is 2.17. The van der Waals surface area contributed by atoms with Crippen LogP contribution in [0.4, 0.5) is 0 Å². The smallest absolute Gasteiger partial charge is 0.132 e. The second kappa shape index (κ2) is 5.91. The average molecular weight is 327 g/mol. The molecule has 96 valence electrons. The molecule has 2 rings (SSSR count). The number of halogens is 1. The fourth-order valence-corrected chi connectivity index (χ4v) is 3.00. The molecule has 3 nitrogen and oxygen atoms in total. The minimum absolute atomic E-state index is 0.113. The Labute approximate surface area is 119 Å². The van der Waals surface area contributed by atoms with E-state index in [9.17, 15) is 0 Å². The first-order valence-corrected chi connectivity index (χ1v) is 7.65. The van der Waals surface area contributed by atoms with Gasteiger partial charge in [0.15, 0.2) is 0 Å². The number of hydrogen-bond donors (Lipinski definition) is 1. The number of aromatic nitrogens is 2. The lowest BCUT2D eigenvalue weighted by atomic mass is 10.2. The van der Waals surface area contributed by atoms with Gasteiger partial charge in [-0.05, 0) is 34.3 Å². The maximum absolute atomic E-state index is 9.01. The highest BCUT2D eigenvalue weighted by molar-refractivity contribution is 9.10. The zero-order valence-corrected chi connectivity index (χ0v) is 12.8. The van der Waals surface area contributed by atoms with Gasteiger partial charge in [-0.3, -0.25) is 0 Å². The molecule has 0 bridgehead atoms. The minimum atomic E-state index is 0.113. The van der Waals surface area contributed by atoms with Crippen molar-refractivity contribution in [3.05, 3.63) is 34.7 Å². The van der Waals surface area contributed by atoms with E-state index >= 15 is 0 Å². The van der Waals surface area contributed by atoms with Crippen molar-refractivity contribution in [2.45, 2.75) is 11.3 Å². The van der Waals surface area contributed by atoms with Gasteiger partial charge in [-0.25, -0.2) is 4.98 Å². The lowest BCUT2D eigenvalue weighted by Gasteiger charge is -2.06. The predicted octanol–water partition coefficient (Wildman–Crippen LogP) is 3.11. The van der Waals surface area contributed by atoms with E-state index in [1.165, 1.54) is 4.90 Å². The van der Waals surface area contributed by atoms with Crippen LogP contribution in [0.3, 0.4) is 0 Å². The summed E-state index contributed by atoms with van der Waals surface area (Å²) in [5.74, 6) is 0.883. The standard InChI is InChI=1S/C13H15BrN2OS/c1-16-11(7-8-17)15-13(14)12(16)9-3-5-10(18-2)6-4-9/h3-6,17H,7-8H2,1-2H3. The summed E-state index contributed by atoms with van der Waals surface area (Å²) in [6, 6.07) is 8.39. The van der Waals surface area contributed by atoms with Crippen LogP contribution in [0.2, 0.25) is 0 Å². The van der Waals surface area contributed by atoms with Crippen molar-refractivity contribution in [2.24, 2.45) is 7.05 Å². The fourth-order valence-electron chi connectivity index (χ4n) is 1.89. The SMILES string of the molecule is CSc1ccc(-c2c(Br)nc(CCO)n2C)cc1. The van der Waals surface area contributed by atoms with E-state index in [1.54, 1.807) is 11.8 Å². The lowest BCUT2D eigenvalue weighted by Crippen LogP contribution is -2.02. The van der Waals surface area contributed by atoms with Crippen molar-refractivity contribution < 1.29 is 5.11 Å². The molecular formula is C13H15BrN2OS. The second-order valence-corrected chi connectivity index (χ2v) is 5.56. The quantitative estimate of drug-likeness (QED) is 0.877. The molecule has 1 heterocycles. The summed E-state index contributed by atoms with van der Waals surface area (Å²) in [6.45, 7) is 0.113. The highest BCUT2D eigenvalue weighted by Crippen LogP contribution is 2.29. The summed E-state index contributed by atoms with van der Waals surface area (Å²) in [7, 11) is 1.97. The van der Waals surface area contributed by atoms with Gasteiger partial charge in [0.25, 0.3) is 0 Å². The van der Waals surface area contributed by atoms with Gasteiger partial charge in [-0.15, -0.1) is 11.8 Å². The van der Waals surface area contributed by atoms with Crippen LogP contribution in [0, 0.1) is 0 Å². The highest BCUT2D eigenvalue weighted by atomic mass is 79.9. The topological polar surface area (TPSA) is 38.1 Å². The van der Waals surface area contributed by atoms with Crippen molar-refractivity contribution in [1.82, 2.24) is 9.55 Å². The number of nitrogens with zero attached hydrogens (tertiary/aromatic N) is 2. The monoisotopic (exact) mass is 326 g/mol. The van der Waals surface area contributed by atoms with E-state index in [0.29, 0.717) is 6.42 Å². The maximum Gasteiger partial charge on any atom is 0.132 e. The van der Waals surface area contributed by atoms with Gasteiger partial charge < -0.3 is 9.67 Å². The Morgan fingerprint density at radius 2 is 2.00 bits per heavy atom. The van der Waals surface area contributed by atoms with Crippen LogP contribution in [-0.4, -0.2) is 27.5 Å². The molecule has 2 aromatic rings. The van der Waals surface area contributed by atoms with Gasteiger partial charge in [0, 0.05) is 23.9 Å². The molecule has 0 radical (unpaired) electrons. The largest absolute Gasteiger partial charge is 0.396 e. The molecular weight excluding hydrogens is 312 g/mol. The first-order chi connectivity index (χ1) is 8.67. The van der Waals surface area contributed by atoms with Crippen LogP contribution in [0.1, 0.15) is 5.82 Å². The van der Waals surface area contributed by atoms with Crippen molar-refractivity contribution in [1.29, 1.82) is 0 Å². The van der Waals surface area contributed by atoms with Crippen molar-refractivity contribution in [3.63, 3.8) is 0 Å². The van der Waals surface area contributed by atoms with Crippen molar-refractivity contribution in [3.8, 4) is 11.3 Å². The van der Waals surface area contributed by atoms with E-state index in [-0.39, 0.29) is 6.61 Å². The number of thioether (sulfide) groups is 1. The number of aliphatic hydroxyl groups excluding tert-OH is 1. The fraction of sp³-hybridized carbons (Fsp3) is 0.308. The van der Waals surface area contributed by atoms with Crippen molar-refractivity contribution in [2.75, 3.05) is 12.9 Å². The molecule has 0 aliphatic heterocycles. The Morgan fingerprint density at radius 3 is 2.56 bits per heavy atom. The first kappa shape index (κ1) is 13.6. The van der Waals surface area contributed by atoms with Gasteiger partial charge in [0.2, 0.25) is 0 Å². The molecule has 0 aliphatic rings. The third-order valence-corrected chi connectivity index (χ3v) is 4.14. The Bertz CT molecular complexity index is 537. The predicted molar refractivity (Wildman–Crippen MR) is 78.9 cm³/mol. The average Bonchev–Trinajstić information content (AvgIpc) is 2.65. The summed E-state index contributed by atoms with van der Waals surface area (Å²) in [5, 5.41) is 9.01. The molecule has 0 saturated carbocycles. The zero-order chi connectivity index (χ0) is 13.1. The van der Waals surface area contributed by atoms with Crippen molar-refractivity contribution >= 4 is 27.7 Å². The second-order valence-electron chi connectivity index (χ2n) is 3.93. The van der Waals surface area contributed by atoms with E-state index in [2.05, 4.69) is 51.4 Å². The van der Waals surface area contributed by atoms with E-state index in [4.69, 9.17) is 5.11 Å². The molecule has 0 atom stereocenters. The number of imidazole rings is 1. The van der Waals surface area contributed by atoms with Crippen LogP contribution in [0.5, 0.6) is 0 Å². The number of aliphatic hydroxyl groups is 1. The summed E-state index contributed by atoms with van der Waals surface area (Å²) < 4.78 is 2.85. The van der Waals surface area contributed by atoms with Gasteiger partial charge in [-0.1, -0.05) is 12.1 Å². The molecule has 1 aromatic heterocycles. The van der Waals surface area contributed by atoms with Crippen LogP contribution < -0.4 is 0 Å². The van der Waals surface area contributed by atoms with Crippen LogP contribution in [0.15, 0.2) is 33.8 Å². The third kappa shape index (κ3) is 2.63. The van der Waals surface area contributed by atoms with Crippen LogP contribution in [-0.2, 0) is 13.5 Å². The normalized spacial score (nSPS) is 10.9. The van der Waals surface area contributed by atoms with Gasteiger partial charge >= 0.3 is 0 Å². The minimum Gasteiger partial charge on any atom is -0.396 e. The third-order valence-electron chi connectivity index (χ3n) is 2.84. The Hall–Kier alpha value is -0.780. The molecule has 5 heteroatoms. The van der Waals surface area contributed by atoms with Gasteiger partial charge in [-0.2, -0.15) is 0 Å². The molecule has 0 saturated heterocycles. The number of hydrogen-bond acceptors (Lipinski definition) is 3. The Kier molecular flexibility index (Phi) is 4.48. The highest BCUT2D eigenvalue weighted by Gasteiger charge is 2.13. The van der Waals surface area contributed by atoms with Gasteiger partial charge in [0.05, 0.1) is 12.3 Å². The van der Waals surface area contributed by atoms with E-state index in [0.717, 1.165) is 21.7 Å². The Morgan fingerprint density at radius 1 is 1.33 bits per heavy atom. The molecule has 0 aliphatic carbocycles. The van der Waals surface area contributed by atoms with Crippen LogP contribution in [0.25, 0.3) is 11.3 Å². The molecule has 18 heavy (non-hydrogen) atoms. The summed E-state index contributed by atoms with van der Waals surface area (Å²) in [4.78, 5) is 5.68. The van der Waals surface area contributed by atoms with Crippen LogP contribution >= 0.6 is 27.7 Å².